The summed E-state index contributed by atoms with van der Waals surface area (Å²) in [4.78, 5) is 0. The molecule has 0 aromatic carbocycles. The summed E-state index contributed by atoms with van der Waals surface area (Å²) in [7, 11) is 0. The van der Waals surface area contributed by atoms with Crippen molar-refractivity contribution in [2.24, 2.45) is 5.73 Å². The molecule has 0 aromatic rings. The van der Waals surface area contributed by atoms with Crippen molar-refractivity contribution >= 4 is 11.8 Å². The van der Waals surface area contributed by atoms with Crippen molar-refractivity contribution in [1.82, 2.24) is 0 Å². The molecule has 1 aliphatic rings. The zero-order chi connectivity index (χ0) is 6.91. The fourth-order valence-electron chi connectivity index (χ4n) is 0.915. The van der Waals surface area contributed by atoms with E-state index in [4.69, 9.17) is 5.73 Å². The summed E-state index contributed by atoms with van der Waals surface area (Å²) < 4.78 is 13.3. The Morgan fingerprint density at radius 3 is 2.67 bits per heavy atom. The Labute approximate surface area is 59.2 Å². The normalized spacial score (nSPS) is 39.0. The average molecular weight is 149 g/mol. The van der Waals surface area contributed by atoms with Crippen LogP contribution in [0.1, 0.15) is 13.3 Å². The summed E-state index contributed by atoms with van der Waals surface area (Å²) in [6.45, 7) is 1.74. The number of rotatable bonds is 1. The molecule has 1 fully saturated rings. The maximum Gasteiger partial charge on any atom is 0.135 e. The maximum absolute atomic E-state index is 13.3. The van der Waals surface area contributed by atoms with E-state index < -0.39 is 5.67 Å². The summed E-state index contributed by atoms with van der Waals surface area (Å²) >= 11 is 1.65. The molecule has 2 N–H and O–H groups in total. The van der Waals surface area contributed by atoms with E-state index >= 15 is 0 Å². The molecule has 54 valence electrons. The van der Waals surface area contributed by atoms with Gasteiger partial charge in [0.05, 0.1) is 0 Å². The number of hydrogen-bond acceptors (Lipinski definition) is 2. The quantitative estimate of drug-likeness (QED) is 0.606. The van der Waals surface area contributed by atoms with Gasteiger partial charge in [-0.15, -0.1) is 0 Å². The third-order valence-electron chi connectivity index (χ3n) is 1.82. The van der Waals surface area contributed by atoms with Gasteiger partial charge in [-0.05, 0) is 19.1 Å². The first kappa shape index (κ1) is 7.35. The first-order chi connectivity index (χ1) is 4.15. The molecule has 1 saturated heterocycles. The summed E-state index contributed by atoms with van der Waals surface area (Å²) in [6, 6.07) is -0.299. The maximum atomic E-state index is 13.3. The van der Waals surface area contributed by atoms with Crippen LogP contribution < -0.4 is 5.73 Å². The van der Waals surface area contributed by atoms with Crippen molar-refractivity contribution < 1.29 is 4.39 Å². The van der Waals surface area contributed by atoms with E-state index in [1.165, 1.54) is 0 Å². The standard InChI is InChI=1S/C6H12FNS/c1-5(8)6(7)2-3-9-4-6/h5H,2-4,8H2,1H3. The molecule has 2 unspecified atom stereocenters. The number of nitrogens with two attached hydrogens (primary N) is 1. The van der Waals surface area contributed by atoms with Gasteiger partial charge >= 0.3 is 0 Å². The lowest BCUT2D eigenvalue weighted by Gasteiger charge is -2.21. The highest BCUT2D eigenvalue weighted by atomic mass is 32.2. The minimum atomic E-state index is -1.06. The van der Waals surface area contributed by atoms with Crippen LogP contribution in [0, 0.1) is 0 Å². The van der Waals surface area contributed by atoms with Crippen LogP contribution in [-0.2, 0) is 0 Å². The Kier molecular flexibility index (Phi) is 2.01. The van der Waals surface area contributed by atoms with Gasteiger partial charge in [0.2, 0.25) is 0 Å². The third-order valence-corrected chi connectivity index (χ3v) is 3.00. The van der Waals surface area contributed by atoms with Crippen LogP contribution in [-0.4, -0.2) is 23.2 Å². The molecular weight excluding hydrogens is 137 g/mol. The van der Waals surface area contributed by atoms with Gasteiger partial charge in [-0.1, -0.05) is 0 Å². The molecule has 3 heteroatoms. The predicted octanol–water partition coefficient (Wildman–Crippen LogP) is 1.18. The summed E-state index contributed by atoms with van der Waals surface area (Å²) in [6.07, 6.45) is 0.634. The number of hydrogen-bond donors (Lipinski definition) is 1. The van der Waals surface area contributed by atoms with E-state index in [0.717, 1.165) is 5.75 Å². The van der Waals surface area contributed by atoms with Gasteiger partial charge < -0.3 is 5.73 Å². The highest BCUT2D eigenvalue weighted by Crippen LogP contribution is 2.33. The van der Waals surface area contributed by atoms with Gasteiger partial charge in [-0.2, -0.15) is 11.8 Å². The van der Waals surface area contributed by atoms with Crippen molar-refractivity contribution in [3.05, 3.63) is 0 Å². The molecular formula is C6H12FNS. The van der Waals surface area contributed by atoms with Crippen LogP contribution in [0.3, 0.4) is 0 Å². The lowest BCUT2D eigenvalue weighted by molar-refractivity contribution is 0.166. The Hall–Kier alpha value is 0.240. The Bertz CT molecular complexity index is 99.2. The Balaban J connectivity index is 2.51. The van der Waals surface area contributed by atoms with E-state index in [2.05, 4.69) is 0 Å². The number of alkyl halides is 1. The molecule has 0 saturated carbocycles. The summed E-state index contributed by atoms with van der Waals surface area (Å²) in [5.41, 5.74) is 4.38. The summed E-state index contributed by atoms with van der Waals surface area (Å²) in [5.74, 6) is 1.52. The van der Waals surface area contributed by atoms with Gasteiger partial charge in [0.25, 0.3) is 0 Å². The van der Waals surface area contributed by atoms with Crippen LogP contribution >= 0.6 is 11.8 Å². The highest BCUT2D eigenvalue weighted by Gasteiger charge is 2.37. The van der Waals surface area contributed by atoms with Crippen LogP contribution in [0.25, 0.3) is 0 Å². The first-order valence-corrected chi connectivity index (χ1v) is 4.33. The second-order valence-corrected chi connectivity index (χ2v) is 3.73. The molecule has 2 atom stereocenters. The van der Waals surface area contributed by atoms with Crippen molar-refractivity contribution in [1.29, 1.82) is 0 Å². The molecule has 0 aliphatic carbocycles. The molecule has 0 radical (unpaired) electrons. The Morgan fingerprint density at radius 2 is 2.44 bits per heavy atom. The molecule has 1 heterocycles. The second-order valence-electron chi connectivity index (χ2n) is 2.63. The van der Waals surface area contributed by atoms with Crippen molar-refractivity contribution in [3.63, 3.8) is 0 Å². The third kappa shape index (κ3) is 1.38. The molecule has 0 amide bonds. The fraction of sp³-hybridized carbons (Fsp3) is 1.00. The lowest BCUT2D eigenvalue weighted by Crippen LogP contribution is -2.42. The molecule has 1 rings (SSSR count). The lowest BCUT2D eigenvalue weighted by atomic mass is 9.98. The molecule has 0 bridgehead atoms. The average Bonchev–Trinajstić information content (AvgIpc) is 2.16. The van der Waals surface area contributed by atoms with Gasteiger partial charge in [0.15, 0.2) is 0 Å². The van der Waals surface area contributed by atoms with Crippen LogP contribution in [0.2, 0.25) is 0 Å². The molecule has 1 aliphatic heterocycles. The van der Waals surface area contributed by atoms with Crippen LogP contribution in [0.4, 0.5) is 4.39 Å². The van der Waals surface area contributed by atoms with Crippen LogP contribution in [0.15, 0.2) is 0 Å². The van der Waals surface area contributed by atoms with E-state index in [1.54, 1.807) is 18.7 Å². The minimum Gasteiger partial charge on any atom is -0.325 e. The van der Waals surface area contributed by atoms with Gasteiger partial charge in [0, 0.05) is 11.8 Å². The smallest absolute Gasteiger partial charge is 0.135 e. The van der Waals surface area contributed by atoms with Crippen molar-refractivity contribution in [3.8, 4) is 0 Å². The number of halogens is 1. The largest absolute Gasteiger partial charge is 0.325 e. The number of thioether (sulfide) groups is 1. The van der Waals surface area contributed by atoms with Gasteiger partial charge in [0.1, 0.15) is 5.67 Å². The SMILES string of the molecule is CC(N)C1(F)CCSC1. The van der Waals surface area contributed by atoms with E-state index in [-0.39, 0.29) is 6.04 Å². The van der Waals surface area contributed by atoms with E-state index in [1.807, 2.05) is 0 Å². The molecule has 9 heavy (non-hydrogen) atoms. The predicted molar refractivity (Wildman–Crippen MR) is 39.4 cm³/mol. The molecule has 1 nitrogen and oxygen atoms in total. The summed E-state index contributed by atoms with van der Waals surface area (Å²) in [5, 5.41) is 0. The molecule has 0 spiro atoms. The molecule has 0 aromatic heterocycles. The van der Waals surface area contributed by atoms with Gasteiger partial charge in [-0.25, -0.2) is 4.39 Å². The zero-order valence-corrected chi connectivity index (χ0v) is 6.38. The Morgan fingerprint density at radius 1 is 1.78 bits per heavy atom. The van der Waals surface area contributed by atoms with E-state index in [0.29, 0.717) is 12.2 Å². The highest BCUT2D eigenvalue weighted by molar-refractivity contribution is 7.99. The van der Waals surface area contributed by atoms with Gasteiger partial charge in [-0.3, -0.25) is 0 Å². The first-order valence-electron chi connectivity index (χ1n) is 3.17. The topological polar surface area (TPSA) is 26.0 Å². The minimum absolute atomic E-state index is 0.299. The van der Waals surface area contributed by atoms with Crippen molar-refractivity contribution in [2.45, 2.75) is 25.1 Å². The monoisotopic (exact) mass is 149 g/mol. The van der Waals surface area contributed by atoms with E-state index in [9.17, 15) is 4.39 Å². The second kappa shape index (κ2) is 2.46. The zero-order valence-electron chi connectivity index (χ0n) is 5.56. The van der Waals surface area contributed by atoms with Crippen molar-refractivity contribution in [2.75, 3.05) is 11.5 Å². The fourth-order valence-corrected chi connectivity index (χ4v) is 2.29. The van der Waals surface area contributed by atoms with Crippen LogP contribution in [0.5, 0.6) is 0 Å².